The van der Waals surface area contributed by atoms with Gasteiger partial charge in [0.2, 0.25) is 11.8 Å². The Morgan fingerprint density at radius 3 is 2.54 bits per heavy atom. The van der Waals surface area contributed by atoms with Crippen LogP contribution in [0, 0.1) is 12.8 Å². The van der Waals surface area contributed by atoms with Gasteiger partial charge in [0.1, 0.15) is 0 Å². The number of hydrogen-bond donors (Lipinski definition) is 1. The van der Waals surface area contributed by atoms with Gasteiger partial charge in [0, 0.05) is 35.8 Å². The molecule has 136 valence electrons. The Morgan fingerprint density at radius 1 is 1.27 bits per heavy atom. The largest absolute Gasteiger partial charge is 0.339 e. The van der Waals surface area contributed by atoms with E-state index in [4.69, 9.17) is 11.6 Å². The first-order valence-corrected chi connectivity index (χ1v) is 8.90. The minimum absolute atomic E-state index is 0.0554. The Hall–Kier alpha value is -2.60. The van der Waals surface area contributed by atoms with Crippen molar-refractivity contribution in [1.82, 2.24) is 14.7 Å². The molecule has 1 fully saturated rings. The highest BCUT2D eigenvalue weighted by atomic mass is 35.5. The Labute approximate surface area is 157 Å². The van der Waals surface area contributed by atoms with Crippen molar-refractivity contribution >= 4 is 29.2 Å². The van der Waals surface area contributed by atoms with E-state index in [1.807, 2.05) is 25.3 Å². The van der Waals surface area contributed by atoms with Gasteiger partial charge in [-0.15, -0.1) is 5.10 Å². The van der Waals surface area contributed by atoms with Gasteiger partial charge >= 0.3 is 0 Å². The number of likely N-dealkylation sites (tertiary alicyclic amines) is 1. The standard InChI is InChI=1S/C19H21ClN4O2/c1-3-17(25)23-10-8-14(9-11-23)19(26)21-18-13(2)12-24(22-18)16-6-4-15(20)5-7-16/h3-7,12,14H,1,8-11H2,2H3,(H,21,22,26). The van der Waals surface area contributed by atoms with Crippen LogP contribution in [-0.4, -0.2) is 39.6 Å². The SMILES string of the molecule is C=CC(=O)N1CCC(C(=O)Nc2nn(-c3ccc(Cl)cc3)cc2C)CC1. The molecule has 1 aromatic heterocycles. The molecule has 26 heavy (non-hydrogen) atoms. The van der Waals surface area contributed by atoms with Crippen LogP contribution in [0.4, 0.5) is 5.82 Å². The molecule has 3 rings (SSSR count). The summed E-state index contributed by atoms with van der Waals surface area (Å²) in [6, 6.07) is 7.33. The van der Waals surface area contributed by atoms with Gasteiger partial charge in [-0.05, 0) is 50.1 Å². The van der Waals surface area contributed by atoms with Gasteiger partial charge in [0.25, 0.3) is 0 Å². The topological polar surface area (TPSA) is 67.2 Å². The third kappa shape index (κ3) is 3.96. The van der Waals surface area contributed by atoms with Crippen LogP contribution in [0.2, 0.25) is 5.02 Å². The molecule has 0 atom stereocenters. The molecule has 0 unspecified atom stereocenters. The molecule has 7 heteroatoms. The molecule has 0 radical (unpaired) electrons. The van der Waals surface area contributed by atoms with Gasteiger partial charge < -0.3 is 10.2 Å². The number of aryl methyl sites for hydroxylation is 1. The molecule has 2 aromatic rings. The van der Waals surface area contributed by atoms with E-state index in [-0.39, 0.29) is 17.7 Å². The summed E-state index contributed by atoms with van der Waals surface area (Å²) in [5.41, 5.74) is 1.75. The molecule has 2 amide bonds. The summed E-state index contributed by atoms with van der Waals surface area (Å²) < 4.78 is 1.71. The quantitative estimate of drug-likeness (QED) is 0.838. The monoisotopic (exact) mass is 372 g/mol. The van der Waals surface area contributed by atoms with E-state index in [2.05, 4.69) is 17.0 Å². The Morgan fingerprint density at radius 2 is 1.92 bits per heavy atom. The van der Waals surface area contributed by atoms with Crippen LogP contribution in [-0.2, 0) is 9.59 Å². The van der Waals surface area contributed by atoms with E-state index in [1.54, 1.807) is 21.7 Å². The average molecular weight is 373 g/mol. The first-order chi connectivity index (χ1) is 12.5. The Bertz CT molecular complexity index is 821. The summed E-state index contributed by atoms with van der Waals surface area (Å²) in [6.07, 6.45) is 4.46. The normalized spacial score (nSPS) is 14.9. The number of rotatable bonds is 4. The molecule has 1 saturated heterocycles. The molecule has 1 aromatic carbocycles. The molecule has 2 heterocycles. The number of amides is 2. The van der Waals surface area contributed by atoms with Gasteiger partial charge in [0.05, 0.1) is 5.69 Å². The number of piperidine rings is 1. The lowest BCUT2D eigenvalue weighted by atomic mass is 9.96. The van der Waals surface area contributed by atoms with Crippen LogP contribution < -0.4 is 5.32 Å². The van der Waals surface area contributed by atoms with Crippen LogP contribution in [0.15, 0.2) is 43.1 Å². The van der Waals surface area contributed by atoms with Crippen molar-refractivity contribution in [2.75, 3.05) is 18.4 Å². The zero-order valence-corrected chi connectivity index (χ0v) is 15.4. The molecular weight excluding hydrogens is 352 g/mol. The second-order valence-corrected chi connectivity index (χ2v) is 6.81. The van der Waals surface area contributed by atoms with Gasteiger partial charge in [-0.25, -0.2) is 4.68 Å². The van der Waals surface area contributed by atoms with Crippen molar-refractivity contribution in [2.45, 2.75) is 19.8 Å². The van der Waals surface area contributed by atoms with E-state index in [9.17, 15) is 9.59 Å². The maximum Gasteiger partial charge on any atom is 0.245 e. The number of halogens is 1. The third-order valence-electron chi connectivity index (χ3n) is 4.58. The fourth-order valence-electron chi connectivity index (χ4n) is 3.02. The van der Waals surface area contributed by atoms with Crippen LogP contribution in [0.25, 0.3) is 5.69 Å². The van der Waals surface area contributed by atoms with Crippen LogP contribution >= 0.6 is 11.6 Å². The van der Waals surface area contributed by atoms with Crippen molar-refractivity contribution in [3.8, 4) is 5.69 Å². The number of benzene rings is 1. The summed E-state index contributed by atoms with van der Waals surface area (Å²) >= 11 is 5.91. The van der Waals surface area contributed by atoms with E-state index < -0.39 is 0 Å². The summed E-state index contributed by atoms with van der Waals surface area (Å²) in [5, 5.41) is 8.04. The highest BCUT2D eigenvalue weighted by Gasteiger charge is 2.27. The first-order valence-electron chi connectivity index (χ1n) is 8.52. The first kappa shape index (κ1) is 18.2. The fraction of sp³-hybridized carbons (Fsp3) is 0.316. The lowest BCUT2D eigenvalue weighted by molar-refractivity contribution is -0.130. The van der Waals surface area contributed by atoms with Crippen LogP contribution in [0.1, 0.15) is 18.4 Å². The fourth-order valence-corrected chi connectivity index (χ4v) is 3.15. The molecule has 1 aliphatic rings. The third-order valence-corrected chi connectivity index (χ3v) is 4.83. The average Bonchev–Trinajstić information content (AvgIpc) is 3.02. The van der Waals surface area contributed by atoms with Gasteiger partial charge in [-0.1, -0.05) is 18.2 Å². The highest BCUT2D eigenvalue weighted by Crippen LogP contribution is 2.22. The van der Waals surface area contributed by atoms with Crippen molar-refractivity contribution in [2.24, 2.45) is 5.92 Å². The second kappa shape index (κ2) is 7.74. The molecular formula is C19H21ClN4O2. The molecule has 6 nitrogen and oxygen atoms in total. The van der Waals surface area contributed by atoms with Crippen LogP contribution in [0.3, 0.4) is 0 Å². The number of nitrogens with zero attached hydrogens (tertiary/aromatic N) is 3. The van der Waals surface area contributed by atoms with Crippen molar-refractivity contribution in [1.29, 1.82) is 0 Å². The molecule has 1 N–H and O–H groups in total. The summed E-state index contributed by atoms with van der Waals surface area (Å²) in [4.78, 5) is 25.9. The number of carbonyl (C=O) groups is 2. The molecule has 0 aliphatic carbocycles. The van der Waals surface area contributed by atoms with E-state index in [1.165, 1.54) is 6.08 Å². The van der Waals surface area contributed by atoms with Crippen molar-refractivity contribution in [3.05, 3.63) is 53.7 Å². The number of nitrogens with one attached hydrogen (secondary N) is 1. The highest BCUT2D eigenvalue weighted by molar-refractivity contribution is 6.30. The van der Waals surface area contributed by atoms with Gasteiger partial charge in [-0.2, -0.15) is 0 Å². The molecule has 0 saturated carbocycles. The molecule has 0 spiro atoms. The summed E-state index contributed by atoms with van der Waals surface area (Å²) in [7, 11) is 0. The van der Waals surface area contributed by atoms with Gasteiger partial charge in [-0.3, -0.25) is 9.59 Å². The minimum Gasteiger partial charge on any atom is -0.339 e. The van der Waals surface area contributed by atoms with Crippen molar-refractivity contribution in [3.63, 3.8) is 0 Å². The zero-order chi connectivity index (χ0) is 18.7. The summed E-state index contributed by atoms with van der Waals surface area (Å²) in [6.45, 7) is 6.54. The number of carbonyl (C=O) groups excluding carboxylic acids is 2. The lowest BCUT2D eigenvalue weighted by Gasteiger charge is -2.30. The smallest absolute Gasteiger partial charge is 0.245 e. The number of aromatic nitrogens is 2. The van der Waals surface area contributed by atoms with E-state index in [0.29, 0.717) is 36.8 Å². The second-order valence-electron chi connectivity index (χ2n) is 6.37. The predicted molar refractivity (Wildman–Crippen MR) is 101 cm³/mol. The maximum absolute atomic E-state index is 12.6. The zero-order valence-electron chi connectivity index (χ0n) is 14.6. The maximum atomic E-state index is 12.6. The number of hydrogen-bond acceptors (Lipinski definition) is 3. The number of anilines is 1. The van der Waals surface area contributed by atoms with Crippen LogP contribution in [0.5, 0.6) is 0 Å². The minimum atomic E-state index is -0.121. The van der Waals surface area contributed by atoms with E-state index >= 15 is 0 Å². The summed E-state index contributed by atoms with van der Waals surface area (Å²) in [5.74, 6) is 0.292. The van der Waals surface area contributed by atoms with E-state index in [0.717, 1.165) is 11.3 Å². The molecule has 1 aliphatic heterocycles. The Kier molecular flexibility index (Phi) is 5.42. The lowest BCUT2D eigenvalue weighted by Crippen LogP contribution is -2.40. The molecule has 0 bridgehead atoms. The Balaban J connectivity index is 1.64. The van der Waals surface area contributed by atoms with Crippen molar-refractivity contribution < 1.29 is 9.59 Å². The van der Waals surface area contributed by atoms with Gasteiger partial charge in [0.15, 0.2) is 5.82 Å². The predicted octanol–water partition coefficient (Wildman–Crippen LogP) is 3.20.